The molecule has 0 radical (unpaired) electrons. The minimum absolute atomic E-state index is 0.361. The monoisotopic (exact) mass is 195 g/mol. The van der Waals surface area contributed by atoms with E-state index in [2.05, 4.69) is 6.07 Å². The second-order valence-corrected chi connectivity index (χ2v) is 3.00. The Bertz CT molecular complexity index is 355. The highest BCUT2D eigenvalue weighted by molar-refractivity contribution is 6.17. The molecule has 0 aliphatic rings. The summed E-state index contributed by atoms with van der Waals surface area (Å²) in [6.45, 7) is 1.90. The van der Waals surface area contributed by atoms with E-state index in [0.717, 1.165) is 16.9 Å². The zero-order valence-electron chi connectivity index (χ0n) is 7.60. The Morgan fingerprint density at radius 1 is 1.54 bits per heavy atom. The van der Waals surface area contributed by atoms with E-state index in [0.29, 0.717) is 11.4 Å². The zero-order chi connectivity index (χ0) is 9.84. The number of hydrogen-bond acceptors (Lipinski definition) is 2. The first-order valence-electron chi connectivity index (χ1n) is 3.86. The number of alkyl halides is 1. The minimum Gasteiger partial charge on any atom is -0.496 e. The van der Waals surface area contributed by atoms with E-state index in [1.807, 2.05) is 6.92 Å². The maximum Gasteiger partial charge on any atom is 0.126 e. The van der Waals surface area contributed by atoms with Gasteiger partial charge in [0.2, 0.25) is 0 Å². The maximum atomic E-state index is 8.71. The van der Waals surface area contributed by atoms with Crippen molar-refractivity contribution in [2.24, 2.45) is 0 Å². The first-order valence-corrected chi connectivity index (χ1v) is 4.40. The van der Waals surface area contributed by atoms with Crippen LogP contribution >= 0.6 is 11.6 Å². The molecule has 0 aliphatic carbocycles. The molecule has 68 valence electrons. The Kier molecular flexibility index (Phi) is 3.16. The minimum atomic E-state index is 0.361. The summed E-state index contributed by atoms with van der Waals surface area (Å²) in [5.41, 5.74) is 2.42. The van der Waals surface area contributed by atoms with E-state index < -0.39 is 0 Å². The van der Waals surface area contributed by atoms with E-state index in [1.54, 1.807) is 19.2 Å². The van der Waals surface area contributed by atoms with Gasteiger partial charge in [0.1, 0.15) is 5.75 Å². The molecule has 0 bridgehead atoms. The van der Waals surface area contributed by atoms with Gasteiger partial charge in [0, 0.05) is 5.56 Å². The number of benzene rings is 1. The smallest absolute Gasteiger partial charge is 0.126 e. The van der Waals surface area contributed by atoms with Crippen molar-refractivity contribution < 1.29 is 4.74 Å². The van der Waals surface area contributed by atoms with Gasteiger partial charge in [-0.05, 0) is 24.6 Å². The molecule has 0 amide bonds. The van der Waals surface area contributed by atoms with Crippen molar-refractivity contribution in [3.8, 4) is 11.8 Å². The predicted octanol–water partition coefficient (Wildman–Crippen LogP) is 2.61. The van der Waals surface area contributed by atoms with E-state index in [9.17, 15) is 0 Å². The van der Waals surface area contributed by atoms with Crippen molar-refractivity contribution in [1.29, 1.82) is 5.26 Å². The summed E-state index contributed by atoms with van der Waals surface area (Å²) in [4.78, 5) is 0. The number of nitriles is 1. The van der Waals surface area contributed by atoms with Crippen LogP contribution in [0, 0.1) is 18.3 Å². The number of halogens is 1. The molecule has 0 N–H and O–H groups in total. The third-order valence-corrected chi connectivity index (χ3v) is 2.12. The standard InChI is InChI=1S/C10H10ClNO/c1-7-3-8(6-12)4-9(5-11)10(7)13-2/h3-4H,5H2,1-2H3. The van der Waals surface area contributed by atoms with Gasteiger partial charge in [0.05, 0.1) is 24.6 Å². The lowest BCUT2D eigenvalue weighted by atomic mass is 10.1. The first-order chi connectivity index (χ1) is 6.22. The van der Waals surface area contributed by atoms with Crippen LogP contribution in [-0.4, -0.2) is 7.11 Å². The molecule has 0 atom stereocenters. The second kappa shape index (κ2) is 4.15. The van der Waals surface area contributed by atoms with Gasteiger partial charge in [-0.2, -0.15) is 5.26 Å². The van der Waals surface area contributed by atoms with Crippen molar-refractivity contribution in [3.63, 3.8) is 0 Å². The predicted molar refractivity (Wildman–Crippen MR) is 52.0 cm³/mol. The molecule has 0 saturated carbocycles. The Balaban J connectivity index is 3.31. The Morgan fingerprint density at radius 3 is 2.69 bits per heavy atom. The van der Waals surface area contributed by atoms with Crippen molar-refractivity contribution in [3.05, 3.63) is 28.8 Å². The number of aryl methyl sites for hydroxylation is 1. The molecule has 0 saturated heterocycles. The molecule has 1 rings (SSSR count). The highest BCUT2D eigenvalue weighted by Gasteiger charge is 2.07. The Morgan fingerprint density at radius 2 is 2.23 bits per heavy atom. The third kappa shape index (κ3) is 1.93. The van der Waals surface area contributed by atoms with Crippen molar-refractivity contribution in [2.45, 2.75) is 12.8 Å². The lowest BCUT2D eigenvalue weighted by molar-refractivity contribution is 0.408. The van der Waals surface area contributed by atoms with Gasteiger partial charge < -0.3 is 4.74 Å². The molecule has 0 fully saturated rings. The molecule has 1 aromatic rings. The summed E-state index contributed by atoms with van der Waals surface area (Å²) in [6, 6.07) is 5.62. The van der Waals surface area contributed by atoms with E-state index in [1.165, 1.54) is 0 Å². The largest absolute Gasteiger partial charge is 0.496 e. The fourth-order valence-electron chi connectivity index (χ4n) is 1.30. The molecule has 2 nitrogen and oxygen atoms in total. The SMILES string of the molecule is COc1c(C)cc(C#N)cc1CCl. The Hall–Kier alpha value is -1.20. The highest BCUT2D eigenvalue weighted by atomic mass is 35.5. The van der Waals surface area contributed by atoms with E-state index in [4.69, 9.17) is 21.6 Å². The van der Waals surface area contributed by atoms with Gasteiger partial charge in [-0.25, -0.2) is 0 Å². The second-order valence-electron chi connectivity index (χ2n) is 2.73. The number of ether oxygens (including phenoxy) is 1. The van der Waals surface area contributed by atoms with Crippen LogP contribution in [0.1, 0.15) is 16.7 Å². The quantitative estimate of drug-likeness (QED) is 0.680. The number of methoxy groups -OCH3 is 1. The number of rotatable bonds is 2. The van der Waals surface area contributed by atoms with Gasteiger partial charge in [0.15, 0.2) is 0 Å². The average Bonchev–Trinajstić information content (AvgIpc) is 2.16. The summed E-state index contributed by atoms with van der Waals surface area (Å²) >= 11 is 5.72. The molecule has 1 aromatic carbocycles. The van der Waals surface area contributed by atoms with Crippen LogP contribution in [0.25, 0.3) is 0 Å². The summed E-state index contributed by atoms with van der Waals surface area (Å²) in [7, 11) is 1.60. The van der Waals surface area contributed by atoms with Crippen LogP contribution in [-0.2, 0) is 5.88 Å². The topological polar surface area (TPSA) is 33.0 Å². The maximum absolute atomic E-state index is 8.71. The molecule has 3 heteroatoms. The van der Waals surface area contributed by atoms with Crippen molar-refractivity contribution >= 4 is 11.6 Å². The summed E-state index contributed by atoms with van der Waals surface area (Å²) in [5.74, 6) is 1.13. The number of nitrogens with zero attached hydrogens (tertiary/aromatic N) is 1. The van der Waals surface area contributed by atoms with E-state index >= 15 is 0 Å². The highest BCUT2D eigenvalue weighted by Crippen LogP contribution is 2.26. The van der Waals surface area contributed by atoms with Gasteiger partial charge in [-0.1, -0.05) is 0 Å². The Labute approximate surface area is 82.7 Å². The molecular weight excluding hydrogens is 186 g/mol. The normalized spacial score (nSPS) is 9.38. The van der Waals surface area contributed by atoms with Crippen LogP contribution in [0.15, 0.2) is 12.1 Å². The molecule has 0 aliphatic heterocycles. The fourth-order valence-corrected chi connectivity index (χ4v) is 1.50. The van der Waals surface area contributed by atoms with Crippen LogP contribution in [0.4, 0.5) is 0 Å². The van der Waals surface area contributed by atoms with Crippen LogP contribution in [0.3, 0.4) is 0 Å². The molecule has 0 unspecified atom stereocenters. The average molecular weight is 196 g/mol. The molecule has 0 heterocycles. The van der Waals surface area contributed by atoms with Gasteiger partial charge in [-0.15, -0.1) is 11.6 Å². The van der Waals surface area contributed by atoms with Crippen LogP contribution < -0.4 is 4.74 Å². The first kappa shape index (κ1) is 9.88. The van der Waals surface area contributed by atoms with Crippen molar-refractivity contribution in [2.75, 3.05) is 7.11 Å². The molecule has 0 spiro atoms. The fraction of sp³-hybridized carbons (Fsp3) is 0.300. The lowest BCUT2D eigenvalue weighted by Crippen LogP contribution is -1.94. The zero-order valence-corrected chi connectivity index (χ0v) is 8.35. The number of hydrogen-bond donors (Lipinski definition) is 0. The lowest BCUT2D eigenvalue weighted by Gasteiger charge is -2.09. The van der Waals surface area contributed by atoms with Crippen molar-refractivity contribution in [1.82, 2.24) is 0 Å². The van der Waals surface area contributed by atoms with Gasteiger partial charge in [-0.3, -0.25) is 0 Å². The third-order valence-electron chi connectivity index (χ3n) is 1.83. The molecule has 0 aromatic heterocycles. The summed E-state index contributed by atoms with van der Waals surface area (Å²) in [6.07, 6.45) is 0. The summed E-state index contributed by atoms with van der Waals surface area (Å²) in [5, 5.41) is 8.71. The summed E-state index contributed by atoms with van der Waals surface area (Å²) < 4.78 is 5.17. The molecular formula is C10H10ClNO. The van der Waals surface area contributed by atoms with Gasteiger partial charge in [0.25, 0.3) is 0 Å². The van der Waals surface area contributed by atoms with Crippen LogP contribution in [0.5, 0.6) is 5.75 Å². The van der Waals surface area contributed by atoms with E-state index in [-0.39, 0.29) is 0 Å². The van der Waals surface area contributed by atoms with Gasteiger partial charge >= 0.3 is 0 Å². The van der Waals surface area contributed by atoms with Crippen LogP contribution in [0.2, 0.25) is 0 Å². The molecule has 13 heavy (non-hydrogen) atoms.